The van der Waals surface area contributed by atoms with E-state index in [9.17, 15) is 9.00 Å². The number of carbonyl (C=O) groups is 1. The largest absolute Gasteiger partial charge is 0.360 e. The second-order valence-corrected chi connectivity index (χ2v) is 3.59. The second kappa shape index (κ2) is 6.41. The lowest BCUT2D eigenvalue weighted by molar-refractivity contribution is -0.135. The Morgan fingerprint density at radius 3 is 2.83 bits per heavy atom. The first-order chi connectivity index (χ1) is 5.57. The van der Waals surface area contributed by atoms with E-state index < -0.39 is 23.4 Å². The Kier molecular flexibility index (Phi) is 6.35. The number of thioether (sulfide) groups is 1. The summed E-state index contributed by atoms with van der Waals surface area (Å²) in [5, 5.41) is 0. The zero-order chi connectivity index (χ0) is 9.56. The van der Waals surface area contributed by atoms with Crippen LogP contribution in [0.4, 0.5) is 0 Å². The van der Waals surface area contributed by atoms with Gasteiger partial charge < -0.3 is 9.92 Å². The van der Waals surface area contributed by atoms with E-state index in [2.05, 4.69) is 4.18 Å². The molecule has 0 aromatic heterocycles. The van der Waals surface area contributed by atoms with Crippen molar-refractivity contribution in [3.05, 3.63) is 0 Å². The van der Waals surface area contributed by atoms with Crippen LogP contribution in [0.2, 0.25) is 0 Å². The smallest absolute Gasteiger partial charge is 0.342 e. The molecule has 12 heavy (non-hydrogen) atoms. The molecule has 0 fully saturated rings. The van der Waals surface area contributed by atoms with E-state index in [1.54, 1.807) is 11.8 Å². The molecule has 0 aromatic carbocycles. The predicted molar refractivity (Wildman–Crippen MR) is 47.8 cm³/mol. The lowest BCUT2D eigenvalue weighted by Crippen LogP contribution is -2.33. The SMILES string of the molecule is CSCC[C@H](N)C(=O)OS(=O)O. The van der Waals surface area contributed by atoms with Gasteiger partial charge in [0, 0.05) is 0 Å². The molecule has 0 bridgehead atoms. The van der Waals surface area contributed by atoms with E-state index in [1.807, 2.05) is 6.26 Å². The summed E-state index contributed by atoms with van der Waals surface area (Å²) in [6.45, 7) is 0. The molecule has 3 N–H and O–H groups in total. The molecule has 72 valence electrons. The summed E-state index contributed by atoms with van der Waals surface area (Å²) in [5.74, 6) is -0.126. The number of hydrogen-bond donors (Lipinski definition) is 2. The van der Waals surface area contributed by atoms with E-state index in [0.717, 1.165) is 0 Å². The maximum atomic E-state index is 10.7. The first-order valence-corrected chi connectivity index (χ1v) is 5.58. The molecule has 0 heterocycles. The lowest BCUT2D eigenvalue weighted by atomic mass is 10.2. The summed E-state index contributed by atoms with van der Waals surface area (Å²) in [4.78, 5) is 10.7. The average molecular weight is 213 g/mol. The number of hydrogen-bond acceptors (Lipinski definition) is 5. The molecule has 0 aliphatic rings. The number of rotatable bonds is 5. The van der Waals surface area contributed by atoms with Crippen LogP contribution in [0.1, 0.15) is 6.42 Å². The summed E-state index contributed by atoms with van der Waals surface area (Å²) in [5.41, 5.74) is 5.32. The molecule has 0 radical (unpaired) electrons. The molecule has 0 rings (SSSR count). The average Bonchev–Trinajstić information content (AvgIpc) is 1.98. The van der Waals surface area contributed by atoms with Gasteiger partial charge in [0.2, 0.25) is 0 Å². The van der Waals surface area contributed by atoms with Gasteiger partial charge in [0.05, 0.1) is 0 Å². The van der Waals surface area contributed by atoms with Crippen molar-refractivity contribution >= 4 is 29.1 Å². The van der Waals surface area contributed by atoms with Gasteiger partial charge in [-0.15, -0.1) is 0 Å². The number of nitrogens with two attached hydrogens (primary N) is 1. The van der Waals surface area contributed by atoms with Gasteiger partial charge in [-0.2, -0.15) is 16.0 Å². The van der Waals surface area contributed by atoms with Crippen molar-refractivity contribution in [2.75, 3.05) is 12.0 Å². The fourth-order valence-corrected chi connectivity index (χ4v) is 1.25. The van der Waals surface area contributed by atoms with Gasteiger partial charge in [-0.25, -0.2) is 4.79 Å². The van der Waals surface area contributed by atoms with Crippen LogP contribution in [0.15, 0.2) is 0 Å². The highest BCUT2D eigenvalue weighted by Crippen LogP contribution is 2.00. The van der Waals surface area contributed by atoms with Crippen molar-refractivity contribution in [2.24, 2.45) is 5.73 Å². The third-order valence-corrected chi connectivity index (χ3v) is 2.04. The summed E-state index contributed by atoms with van der Waals surface area (Å²) in [6, 6.07) is -0.812. The maximum Gasteiger partial charge on any atom is 0.360 e. The third kappa shape index (κ3) is 5.53. The summed E-state index contributed by atoms with van der Waals surface area (Å²) >= 11 is -1.02. The zero-order valence-corrected chi connectivity index (χ0v) is 8.19. The normalized spacial score (nSPS) is 15.2. The molecule has 0 aliphatic carbocycles. The van der Waals surface area contributed by atoms with Crippen LogP contribution in [0, 0.1) is 0 Å². The highest BCUT2D eigenvalue weighted by atomic mass is 32.2. The molecule has 0 aromatic rings. The molecule has 0 saturated heterocycles. The Bertz CT molecular complexity index is 175. The van der Waals surface area contributed by atoms with Crippen LogP contribution in [0.25, 0.3) is 0 Å². The van der Waals surface area contributed by atoms with E-state index in [4.69, 9.17) is 10.3 Å². The molecule has 0 spiro atoms. The van der Waals surface area contributed by atoms with Crippen LogP contribution < -0.4 is 5.73 Å². The minimum Gasteiger partial charge on any atom is -0.342 e. The highest BCUT2D eigenvalue weighted by Gasteiger charge is 2.16. The Hall–Kier alpha value is -0.110. The summed E-state index contributed by atoms with van der Waals surface area (Å²) < 4.78 is 22.1. The number of carbonyl (C=O) groups excluding carboxylic acids is 1. The maximum absolute atomic E-state index is 10.7. The van der Waals surface area contributed by atoms with Gasteiger partial charge in [0.1, 0.15) is 6.04 Å². The van der Waals surface area contributed by atoms with Gasteiger partial charge >= 0.3 is 17.3 Å². The molecule has 2 atom stereocenters. The summed E-state index contributed by atoms with van der Waals surface area (Å²) in [7, 11) is 0. The van der Waals surface area contributed by atoms with Crippen molar-refractivity contribution in [1.29, 1.82) is 0 Å². The first-order valence-electron chi connectivity index (χ1n) is 3.15. The van der Waals surface area contributed by atoms with Gasteiger partial charge in [-0.1, -0.05) is 0 Å². The second-order valence-electron chi connectivity index (χ2n) is 2.01. The van der Waals surface area contributed by atoms with Crippen LogP contribution in [-0.4, -0.2) is 32.8 Å². The van der Waals surface area contributed by atoms with Gasteiger partial charge in [-0.05, 0) is 18.4 Å². The van der Waals surface area contributed by atoms with Crippen LogP contribution >= 0.6 is 11.8 Å². The van der Waals surface area contributed by atoms with Crippen molar-refractivity contribution < 1.29 is 17.7 Å². The summed E-state index contributed by atoms with van der Waals surface area (Å²) in [6.07, 6.45) is 2.32. The van der Waals surface area contributed by atoms with Crippen LogP contribution in [0.5, 0.6) is 0 Å². The Labute approximate surface area is 77.5 Å². The van der Waals surface area contributed by atoms with Gasteiger partial charge in [0.25, 0.3) is 0 Å². The van der Waals surface area contributed by atoms with E-state index in [0.29, 0.717) is 12.2 Å². The molecular formula is C5H11NO4S2. The minimum atomic E-state index is -2.56. The fourth-order valence-electron chi connectivity index (χ4n) is 0.495. The topological polar surface area (TPSA) is 89.6 Å². The quantitative estimate of drug-likeness (QED) is 0.612. The van der Waals surface area contributed by atoms with Gasteiger partial charge in [0.15, 0.2) is 0 Å². The minimum absolute atomic E-state index is 0.442. The standard InChI is InChI=1S/C5H11NO4S2/c1-11-3-2-4(6)5(7)10-12(8)9/h4H,2-3,6H2,1H3,(H,8,9)/t4-/m0/s1. The molecule has 0 amide bonds. The molecule has 0 aliphatic heterocycles. The lowest BCUT2D eigenvalue weighted by Gasteiger charge is -2.06. The Morgan fingerprint density at radius 2 is 2.42 bits per heavy atom. The van der Waals surface area contributed by atoms with E-state index in [1.165, 1.54) is 0 Å². The Morgan fingerprint density at radius 1 is 1.83 bits per heavy atom. The first kappa shape index (κ1) is 11.9. The molecule has 0 saturated carbocycles. The fraction of sp³-hybridized carbons (Fsp3) is 0.800. The van der Waals surface area contributed by atoms with Crippen molar-refractivity contribution in [1.82, 2.24) is 0 Å². The Balaban J connectivity index is 3.69. The van der Waals surface area contributed by atoms with E-state index >= 15 is 0 Å². The van der Waals surface area contributed by atoms with Crippen molar-refractivity contribution in [3.8, 4) is 0 Å². The van der Waals surface area contributed by atoms with Crippen molar-refractivity contribution in [2.45, 2.75) is 12.5 Å². The molecule has 7 heteroatoms. The van der Waals surface area contributed by atoms with E-state index in [-0.39, 0.29) is 0 Å². The van der Waals surface area contributed by atoms with Gasteiger partial charge in [-0.3, -0.25) is 4.55 Å². The highest BCUT2D eigenvalue weighted by molar-refractivity contribution is 7.98. The molecule has 1 unspecified atom stereocenters. The molecule has 5 nitrogen and oxygen atoms in total. The van der Waals surface area contributed by atoms with Crippen LogP contribution in [-0.2, 0) is 20.3 Å². The molecular weight excluding hydrogens is 202 g/mol. The predicted octanol–water partition coefficient (Wildman–Crippen LogP) is -0.253. The van der Waals surface area contributed by atoms with Crippen molar-refractivity contribution in [3.63, 3.8) is 0 Å². The monoisotopic (exact) mass is 213 g/mol. The zero-order valence-electron chi connectivity index (χ0n) is 6.56. The third-order valence-electron chi connectivity index (χ3n) is 1.09. The van der Waals surface area contributed by atoms with Crippen LogP contribution in [0.3, 0.4) is 0 Å².